The average Bonchev–Trinajstić information content (AvgIpc) is 2.73. The molecule has 1 aromatic carbocycles. The van der Waals surface area contributed by atoms with Gasteiger partial charge in [0.2, 0.25) is 0 Å². The molecule has 1 heterocycles. The van der Waals surface area contributed by atoms with Crippen LogP contribution in [0.25, 0.3) is 0 Å². The quantitative estimate of drug-likeness (QED) is 0.848. The molecule has 0 saturated heterocycles. The van der Waals surface area contributed by atoms with E-state index in [1.807, 2.05) is 6.92 Å². The van der Waals surface area contributed by atoms with E-state index in [4.69, 9.17) is 0 Å². The number of benzene rings is 1. The van der Waals surface area contributed by atoms with Crippen molar-refractivity contribution < 1.29 is 9.18 Å². The average molecular weight is 405 g/mol. The van der Waals surface area contributed by atoms with Gasteiger partial charge < -0.3 is 4.90 Å². The van der Waals surface area contributed by atoms with Gasteiger partial charge in [0.15, 0.2) is 5.69 Å². The third-order valence-corrected chi connectivity index (χ3v) is 4.30. The molecule has 1 aromatic heterocycles. The number of aromatic amines is 1. The van der Waals surface area contributed by atoms with Crippen LogP contribution in [0.5, 0.6) is 0 Å². The maximum Gasteiger partial charge on any atom is 0.275 e. The molecule has 7 heteroatoms. The number of halogens is 3. The summed E-state index contributed by atoms with van der Waals surface area (Å²) in [5.74, 6) is -0.620. The Hall–Kier alpha value is -1.21. The molecule has 0 bridgehead atoms. The predicted octanol–water partition coefficient (Wildman–Crippen LogP) is 3.65. The summed E-state index contributed by atoms with van der Waals surface area (Å²) in [5.41, 5.74) is 1.51. The van der Waals surface area contributed by atoms with Crippen LogP contribution in [0.3, 0.4) is 0 Å². The van der Waals surface area contributed by atoms with Crippen LogP contribution >= 0.6 is 31.9 Å². The summed E-state index contributed by atoms with van der Waals surface area (Å²) >= 11 is 6.60. The Morgan fingerprint density at radius 3 is 2.75 bits per heavy atom. The van der Waals surface area contributed by atoms with Gasteiger partial charge in [0.25, 0.3) is 5.91 Å². The smallest absolute Gasteiger partial charge is 0.275 e. The zero-order valence-electron chi connectivity index (χ0n) is 10.9. The van der Waals surface area contributed by atoms with Gasteiger partial charge in [-0.2, -0.15) is 5.10 Å². The number of hydrogen-bond acceptors (Lipinski definition) is 2. The van der Waals surface area contributed by atoms with Crippen LogP contribution in [0.1, 0.15) is 21.7 Å². The highest BCUT2D eigenvalue weighted by atomic mass is 79.9. The van der Waals surface area contributed by atoms with Crippen molar-refractivity contribution in [3.05, 3.63) is 49.9 Å². The molecule has 0 unspecified atom stereocenters. The topological polar surface area (TPSA) is 49.0 Å². The summed E-state index contributed by atoms with van der Waals surface area (Å²) < 4.78 is 15.1. The molecule has 106 valence electrons. The van der Waals surface area contributed by atoms with Gasteiger partial charge in [-0.1, -0.05) is 15.9 Å². The summed E-state index contributed by atoms with van der Waals surface area (Å²) in [6, 6.07) is 4.64. The lowest BCUT2D eigenvalue weighted by atomic mass is 10.2. The number of carbonyl (C=O) groups is 1. The molecule has 0 fully saturated rings. The van der Waals surface area contributed by atoms with E-state index in [-0.39, 0.29) is 18.3 Å². The molecule has 4 nitrogen and oxygen atoms in total. The van der Waals surface area contributed by atoms with Crippen molar-refractivity contribution in [1.29, 1.82) is 0 Å². The SMILES string of the molecule is Cc1[nH]nc(C(=O)N(C)Cc2cc(Br)ccc2F)c1Br. The van der Waals surface area contributed by atoms with E-state index in [0.29, 0.717) is 15.7 Å². The van der Waals surface area contributed by atoms with E-state index >= 15 is 0 Å². The Labute approximate surface area is 132 Å². The Balaban J connectivity index is 2.20. The Bertz CT molecular complexity index is 657. The fraction of sp³-hybridized carbons (Fsp3) is 0.231. The molecule has 20 heavy (non-hydrogen) atoms. The lowest BCUT2D eigenvalue weighted by Crippen LogP contribution is -2.27. The van der Waals surface area contributed by atoms with Crippen LogP contribution < -0.4 is 0 Å². The summed E-state index contributed by atoms with van der Waals surface area (Å²) in [6.45, 7) is 1.98. The van der Waals surface area contributed by atoms with Crippen LogP contribution in [-0.2, 0) is 6.54 Å². The first-order valence-electron chi connectivity index (χ1n) is 5.80. The summed E-state index contributed by atoms with van der Waals surface area (Å²) in [4.78, 5) is 13.7. The first-order valence-corrected chi connectivity index (χ1v) is 7.38. The van der Waals surface area contributed by atoms with Crippen LogP contribution in [0, 0.1) is 12.7 Å². The van der Waals surface area contributed by atoms with Crippen LogP contribution in [0.15, 0.2) is 27.1 Å². The van der Waals surface area contributed by atoms with Gasteiger partial charge >= 0.3 is 0 Å². The number of aromatic nitrogens is 2. The second-order valence-electron chi connectivity index (χ2n) is 4.41. The number of carbonyl (C=O) groups excluding carboxylic acids is 1. The molecule has 1 N–H and O–H groups in total. The maximum absolute atomic E-state index is 13.7. The van der Waals surface area contributed by atoms with Gasteiger partial charge in [0.05, 0.1) is 4.47 Å². The molecule has 0 atom stereocenters. The van der Waals surface area contributed by atoms with E-state index in [9.17, 15) is 9.18 Å². The standard InChI is InChI=1S/C13H12Br2FN3O/c1-7-11(15)12(18-17-7)13(20)19(2)6-8-5-9(14)3-4-10(8)16/h3-5H,6H2,1-2H3,(H,17,18). The Morgan fingerprint density at radius 2 is 2.15 bits per heavy atom. The summed E-state index contributed by atoms with van der Waals surface area (Å²) in [5, 5.41) is 6.68. The van der Waals surface area contributed by atoms with E-state index in [1.54, 1.807) is 19.2 Å². The van der Waals surface area contributed by atoms with Gasteiger partial charge in [-0.3, -0.25) is 9.89 Å². The van der Waals surface area contributed by atoms with E-state index in [0.717, 1.165) is 10.2 Å². The number of rotatable bonds is 3. The fourth-order valence-electron chi connectivity index (χ4n) is 1.73. The van der Waals surface area contributed by atoms with E-state index < -0.39 is 0 Å². The summed E-state index contributed by atoms with van der Waals surface area (Å²) in [7, 11) is 1.61. The monoisotopic (exact) mass is 403 g/mol. The molecule has 0 aliphatic carbocycles. The molecular formula is C13H12Br2FN3O. The minimum absolute atomic E-state index is 0.169. The second-order valence-corrected chi connectivity index (χ2v) is 6.12. The number of hydrogen-bond donors (Lipinski definition) is 1. The molecule has 2 rings (SSSR count). The third kappa shape index (κ3) is 3.09. The third-order valence-electron chi connectivity index (χ3n) is 2.84. The zero-order valence-corrected chi connectivity index (χ0v) is 14.0. The lowest BCUT2D eigenvalue weighted by Gasteiger charge is -2.17. The Kier molecular flexibility index (Phi) is 4.59. The molecule has 1 amide bonds. The number of nitrogens with zero attached hydrogens (tertiary/aromatic N) is 2. The molecule has 0 saturated carbocycles. The number of aryl methyl sites for hydroxylation is 1. The van der Waals surface area contributed by atoms with Gasteiger partial charge in [0.1, 0.15) is 5.82 Å². The molecule has 0 aliphatic rings. The normalized spacial score (nSPS) is 10.7. The molecule has 0 radical (unpaired) electrons. The highest BCUT2D eigenvalue weighted by Crippen LogP contribution is 2.21. The predicted molar refractivity (Wildman–Crippen MR) is 80.9 cm³/mol. The van der Waals surface area contributed by atoms with Crippen molar-refractivity contribution in [2.75, 3.05) is 7.05 Å². The van der Waals surface area contributed by atoms with Crippen molar-refractivity contribution >= 4 is 37.8 Å². The first-order chi connectivity index (χ1) is 9.40. The molecular weight excluding hydrogens is 393 g/mol. The van der Waals surface area contributed by atoms with Crippen molar-refractivity contribution in [3.8, 4) is 0 Å². The number of nitrogens with one attached hydrogen (secondary N) is 1. The lowest BCUT2D eigenvalue weighted by molar-refractivity contribution is 0.0777. The highest BCUT2D eigenvalue weighted by molar-refractivity contribution is 9.10. The van der Waals surface area contributed by atoms with Crippen molar-refractivity contribution in [1.82, 2.24) is 15.1 Å². The van der Waals surface area contributed by atoms with Crippen LogP contribution in [-0.4, -0.2) is 28.1 Å². The number of amides is 1. The van der Waals surface area contributed by atoms with Crippen molar-refractivity contribution in [3.63, 3.8) is 0 Å². The fourth-order valence-corrected chi connectivity index (χ4v) is 2.49. The van der Waals surface area contributed by atoms with E-state index in [1.165, 1.54) is 11.0 Å². The number of H-pyrrole nitrogens is 1. The zero-order chi connectivity index (χ0) is 14.9. The van der Waals surface area contributed by atoms with Gasteiger partial charge in [0, 0.05) is 29.3 Å². The molecule has 0 aliphatic heterocycles. The largest absolute Gasteiger partial charge is 0.336 e. The van der Waals surface area contributed by atoms with Crippen molar-refractivity contribution in [2.24, 2.45) is 0 Å². The van der Waals surface area contributed by atoms with Gasteiger partial charge in [-0.05, 0) is 41.1 Å². The maximum atomic E-state index is 13.7. The molecule has 2 aromatic rings. The van der Waals surface area contributed by atoms with Gasteiger partial charge in [-0.25, -0.2) is 4.39 Å². The van der Waals surface area contributed by atoms with E-state index in [2.05, 4.69) is 42.1 Å². The minimum Gasteiger partial charge on any atom is -0.336 e. The van der Waals surface area contributed by atoms with Crippen LogP contribution in [0.4, 0.5) is 4.39 Å². The minimum atomic E-state index is -0.342. The highest BCUT2D eigenvalue weighted by Gasteiger charge is 2.20. The Morgan fingerprint density at radius 1 is 1.45 bits per heavy atom. The van der Waals surface area contributed by atoms with Crippen molar-refractivity contribution in [2.45, 2.75) is 13.5 Å². The first kappa shape index (κ1) is 15.2. The van der Waals surface area contributed by atoms with Gasteiger partial charge in [-0.15, -0.1) is 0 Å². The second kappa shape index (κ2) is 6.05. The summed E-state index contributed by atoms with van der Waals surface area (Å²) in [6.07, 6.45) is 0. The molecule has 0 spiro atoms. The van der Waals surface area contributed by atoms with Crippen LogP contribution in [0.2, 0.25) is 0 Å².